The summed E-state index contributed by atoms with van der Waals surface area (Å²) in [5.74, 6) is -0.745. The van der Waals surface area contributed by atoms with Gasteiger partial charge in [-0.1, -0.05) is 6.07 Å². The zero-order chi connectivity index (χ0) is 11.5. The van der Waals surface area contributed by atoms with E-state index in [0.717, 1.165) is 4.88 Å². The molecule has 2 rings (SSSR count). The molecule has 5 heteroatoms. The fraction of sp³-hybridized carbons (Fsp3) is 0.0909. The van der Waals surface area contributed by atoms with Crippen LogP contribution in [0.1, 0.15) is 10.4 Å². The van der Waals surface area contributed by atoms with Gasteiger partial charge in [0, 0.05) is 0 Å². The van der Waals surface area contributed by atoms with Gasteiger partial charge in [0.05, 0.1) is 23.9 Å². The summed E-state index contributed by atoms with van der Waals surface area (Å²) in [5.41, 5.74) is 0.772. The molecule has 0 aliphatic rings. The summed E-state index contributed by atoms with van der Waals surface area (Å²) in [6, 6.07) is 5.31. The van der Waals surface area contributed by atoms with Crippen LogP contribution in [0.3, 0.4) is 0 Å². The van der Waals surface area contributed by atoms with Crippen LogP contribution in [-0.4, -0.2) is 23.2 Å². The van der Waals surface area contributed by atoms with Gasteiger partial charge in [0.1, 0.15) is 5.56 Å². The minimum Gasteiger partial charge on any atom is -0.494 e. The molecular weight excluding hydrogens is 226 g/mol. The number of methoxy groups -OCH3 is 1. The van der Waals surface area contributed by atoms with Gasteiger partial charge in [0.2, 0.25) is 0 Å². The molecule has 0 saturated carbocycles. The first-order valence-electron chi connectivity index (χ1n) is 4.53. The van der Waals surface area contributed by atoms with Crippen LogP contribution in [-0.2, 0) is 0 Å². The maximum Gasteiger partial charge on any atom is 0.339 e. The summed E-state index contributed by atoms with van der Waals surface area (Å²) in [5, 5.41) is 10.9. The second kappa shape index (κ2) is 4.32. The van der Waals surface area contributed by atoms with Crippen LogP contribution in [0.15, 0.2) is 29.8 Å². The van der Waals surface area contributed by atoms with Crippen molar-refractivity contribution in [3.63, 3.8) is 0 Å². The molecule has 0 aliphatic heterocycles. The Morgan fingerprint density at radius 3 is 2.94 bits per heavy atom. The third-order valence-electron chi connectivity index (χ3n) is 2.09. The van der Waals surface area contributed by atoms with E-state index in [0.29, 0.717) is 5.69 Å². The van der Waals surface area contributed by atoms with Crippen LogP contribution in [0.25, 0.3) is 10.6 Å². The van der Waals surface area contributed by atoms with Gasteiger partial charge in [0.25, 0.3) is 0 Å². The molecule has 4 nitrogen and oxygen atoms in total. The molecule has 2 heterocycles. The molecule has 0 aromatic carbocycles. The number of rotatable bonds is 3. The van der Waals surface area contributed by atoms with Crippen LogP contribution in [0, 0.1) is 0 Å². The van der Waals surface area contributed by atoms with Crippen LogP contribution in [0.2, 0.25) is 0 Å². The third-order valence-corrected chi connectivity index (χ3v) is 2.98. The Morgan fingerprint density at radius 1 is 1.56 bits per heavy atom. The standard InChI is InChI=1S/C11H9NO3S/c1-15-9-6-12-8(5-7(9)11(13)14)10-3-2-4-16-10/h2-6H,1H3,(H,13,14). The molecule has 0 saturated heterocycles. The van der Waals surface area contributed by atoms with Crippen LogP contribution in [0.4, 0.5) is 0 Å². The predicted molar refractivity (Wildman–Crippen MR) is 61.1 cm³/mol. The quantitative estimate of drug-likeness (QED) is 0.888. The van der Waals surface area contributed by atoms with Crippen LogP contribution >= 0.6 is 11.3 Å². The van der Waals surface area contributed by atoms with E-state index in [1.54, 1.807) is 0 Å². The van der Waals surface area contributed by atoms with E-state index in [1.165, 1.54) is 30.7 Å². The Kier molecular flexibility index (Phi) is 2.87. The van der Waals surface area contributed by atoms with Crippen molar-refractivity contribution in [3.05, 3.63) is 35.3 Å². The number of aromatic nitrogens is 1. The van der Waals surface area contributed by atoms with Crippen molar-refractivity contribution in [1.29, 1.82) is 0 Å². The number of carboxylic acids is 1. The number of carbonyl (C=O) groups is 1. The lowest BCUT2D eigenvalue weighted by molar-refractivity contribution is 0.0693. The molecule has 2 aromatic rings. The molecule has 0 radical (unpaired) electrons. The molecule has 0 amide bonds. The zero-order valence-electron chi connectivity index (χ0n) is 8.51. The SMILES string of the molecule is COc1cnc(-c2cccs2)cc1C(=O)O. The lowest BCUT2D eigenvalue weighted by atomic mass is 10.2. The van der Waals surface area contributed by atoms with Crippen molar-refractivity contribution in [2.75, 3.05) is 7.11 Å². The maximum atomic E-state index is 11.0. The number of hydrogen-bond donors (Lipinski definition) is 1. The minimum atomic E-state index is -1.02. The van der Waals surface area contributed by atoms with Gasteiger partial charge >= 0.3 is 5.97 Å². The summed E-state index contributed by atoms with van der Waals surface area (Å²) >= 11 is 1.51. The normalized spacial score (nSPS) is 10.1. The van der Waals surface area contributed by atoms with Crippen LogP contribution < -0.4 is 4.74 Å². The monoisotopic (exact) mass is 235 g/mol. The number of nitrogens with zero attached hydrogens (tertiary/aromatic N) is 1. The summed E-state index contributed by atoms with van der Waals surface area (Å²) in [7, 11) is 1.42. The van der Waals surface area contributed by atoms with E-state index in [9.17, 15) is 4.79 Å². The van der Waals surface area contributed by atoms with Crippen molar-refractivity contribution >= 4 is 17.3 Å². The van der Waals surface area contributed by atoms with Gasteiger partial charge in [-0.05, 0) is 17.5 Å². The van der Waals surface area contributed by atoms with E-state index in [1.807, 2.05) is 17.5 Å². The average Bonchev–Trinajstić information content (AvgIpc) is 2.81. The van der Waals surface area contributed by atoms with Crippen molar-refractivity contribution in [1.82, 2.24) is 4.98 Å². The Balaban J connectivity index is 2.51. The molecule has 0 atom stereocenters. The van der Waals surface area contributed by atoms with Crippen LogP contribution in [0.5, 0.6) is 5.75 Å². The molecule has 0 aliphatic carbocycles. The molecule has 0 bridgehead atoms. The first kappa shape index (κ1) is 10.6. The average molecular weight is 235 g/mol. The number of ether oxygens (including phenoxy) is 1. The van der Waals surface area contributed by atoms with E-state index in [2.05, 4.69) is 4.98 Å². The highest BCUT2D eigenvalue weighted by molar-refractivity contribution is 7.13. The van der Waals surface area contributed by atoms with Gasteiger partial charge < -0.3 is 9.84 Å². The van der Waals surface area contributed by atoms with Gasteiger partial charge in [-0.3, -0.25) is 4.98 Å². The lowest BCUT2D eigenvalue weighted by Gasteiger charge is -2.05. The number of hydrogen-bond acceptors (Lipinski definition) is 4. The second-order valence-electron chi connectivity index (χ2n) is 3.05. The molecule has 1 N–H and O–H groups in total. The smallest absolute Gasteiger partial charge is 0.339 e. The van der Waals surface area contributed by atoms with E-state index in [4.69, 9.17) is 9.84 Å². The van der Waals surface area contributed by atoms with E-state index in [-0.39, 0.29) is 11.3 Å². The molecular formula is C11H9NO3S. The molecule has 0 spiro atoms. The Labute approximate surface area is 96.1 Å². The first-order valence-corrected chi connectivity index (χ1v) is 5.41. The summed E-state index contributed by atoms with van der Waals surface area (Å²) < 4.78 is 4.94. The van der Waals surface area contributed by atoms with Crippen molar-refractivity contribution in [2.45, 2.75) is 0 Å². The van der Waals surface area contributed by atoms with Gasteiger partial charge in [-0.2, -0.15) is 0 Å². The lowest BCUT2D eigenvalue weighted by Crippen LogP contribution is -2.01. The summed E-state index contributed by atoms with van der Waals surface area (Å²) in [4.78, 5) is 16.1. The largest absolute Gasteiger partial charge is 0.494 e. The highest BCUT2D eigenvalue weighted by atomic mass is 32.1. The number of aromatic carboxylic acids is 1. The topological polar surface area (TPSA) is 59.4 Å². The fourth-order valence-corrected chi connectivity index (χ4v) is 2.02. The fourth-order valence-electron chi connectivity index (χ4n) is 1.33. The number of carboxylic acid groups (broad SMARTS) is 1. The van der Waals surface area contributed by atoms with Gasteiger partial charge in [-0.15, -0.1) is 11.3 Å². The molecule has 0 fully saturated rings. The molecule has 82 valence electrons. The van der Waals surface area contributed by atoms with E-state index >= 15 is 0 Å². The molecule has 2 aromatic heterocycles. The van der Waals surface area contributed by atoms with Gasteiger partial charge in [-0.25, -0.2) is 4.79 Å². The highest BCUT2D eigenvalue weighted by Gasteiger charge is 2.13. The van der Waals surface area contributed by atoms with Gasteiger partial charge in [0.15, 0.2) is 5.75 Å². The zero-order valence-corrected chi connectivity index (χ0v) is 9.32. The molecule has 0 unspecified atom stereocenters. The van der Waals surface area contributed by atoms with Crippen molar-refractivity contribution in [2.24, 2.45) is 0 Å². The van der Waals surface area contributed by atoms with Crippen molar-refractivity contribution in [3.8, 4) is 16.3 Å². The van der Waals surface area contributed by atoms with Crippen molar-refractivity contribution < 1.29 is 14.6 Å². The summed E-state index contributed by atoms with van der Waals surface area (Å²) in [6.07, 6.45) is 1.43. The summed E-state index contributed by atoms with van der Waals surface area (Å²) in [6.45, 7) is 0. The highest BCUT2D eigenvalue weighted by Crippen LogP contribution is 2.27. The third kappa shape index (κ3) is 1.90. The minimum absolute atomic E-state index is 0.126. The predicted octanol–water partition coefficient (Wildman–Crippen LogP) is 2.52. The first-order chi connectivity index (χ1) is 7.72. The molecule has 16 heavy (non-hydrogen) atoms. The Bertz CT molecular complexity index is 508. The number of thiophene rings is 1. The van der Waals surface area contributed by atoms with E-state index < -0.39 is 5.97 Å². The second-order valence-corrected chi connectivity index (χ2v) is 4.00. The Morgan fingerprint density at radius 2 is 2.38 bits per heavy atom. The Hall–Kier alpha value is -1.88. The maximum absolute atomic E-state index is 11.0. The number of pyridine rings is 1.